The lowest BCUT2D eigenvalue weighted by Crippen LogP contribution is -2.23. The second-order valence-electron chi connectivity index (χ2n) is 5.38. The monoisotopic (exact) mass is 282 g/mol. The highest BCUT2D eigenvalue weighted by molar-refractivity contribution is 7.85. The van der Waals surface area contributed by atoms with Gasteiger partial charge in [-0.2, -0.15) is 0 Å². The van der Waals surface area contributed by atoms with Gasteiger partial charge in [0.2, 0.25) is 0 Å². The second kappa shape index (κ2) is 5.43. The molecule has 2 atom stereocenters. The van der Waals surface area contributed by atoms with Crippen molar-refractivity contribution in [3.8, 4) is 0 Å². The third kappa shape index (κ3) is 3.64. The Labute approximate surface area is 115 Å². The first kappa shape index (κ1) is 14.2. The molecule has 104 valence electrons. The van der Waals surface area contributed by atoms with E-state index in [-0.39, 0.29) is 17.3 Å². The van der Waals surface area contributed by atoms with Gasteiger partial charge < -0.3 is 9.84 Å². The Bertz CT molecular complexity index is 493. The zero-order valence-electron chi connectivity index (χ0n) is 11.1. The molecule has 1 aromatic rings. The minimum atomic E-state index is -1.15. The summed E-state index contributed by atoms with van der Waals surface area (Å²) in [5.41, 5.74) is 0.0844. The fraction of sp³-hybridized carbons (Fsp3) is 0.500. The first-order valence-corrected chi connectivity index (χ1v) is 7.59. The Morgan fingerprint density at radius 2 is 2.05 bits per heavy atom. The summed E-state index contributed by atoms with van der Waals surface area (Å²) >= 11 is 0. The van der Waals surface area contributed by atoms with E-state index in [1.54, 1.807) is 12.1 Å². The molecule has 1 aliphatic heterocycles. The Hall–Kier alpha value is -1.20. The van der Waals surface area contributed by atoms with Crippen molar-refractivity contribution in [2.24, 2.45) is 0 Å². The van der Waals surface area contributed by atoms with Gasteiger partial charge in [-0.25, -0.2) is 4.79 Å². The topological polar surface area (TPSA) is 63.6 Å². The zero-order chi connectivity index (χ0) is 14.0. The van der Waals surface area contributed by atoms with Crippen LogP contribution in [-0.2, 0) is 15.5 Å². The van der Waals surface area contributed by atoms with Crippen molar-refractivity contribution in [3.63, 3.8) is 0 Å². The van der Waals surface area contributed by atoms with Crippen molar-refractivity contribution >= 4 is 16.8 Å². The maximum atomic E-state index is 12.2. The SMILES string of the molecule is CC1(C)CCC(CS(=O)c2ccc(C(=O)O)cc2)O1. The highest BCUT2D eigenvalue weighted by Crippen LogP contribution is 2.30. The van der Waals surface area contributed by atoms with Gasteiger partial charge in [0.15, 0.2) is 0 Å². The van der Waals surface area contributed by atoms with Crippen LogP contribution in [0.4, 0.5) is 0 Å². The number of carboxylic acid groups (broad SMARTS) is 1. The fourth-order valence-corrected chi connectivity index (χ4v) is 3.41. The maximum Gasteiger partial charge on any atom is 0.335 e. The lowest BCUT2D eigenvalue weighted by atomic mass is 10.1. The molecule has 0 aliphatic carbocycles. The fourth-order valence-electron chi connectivity index (χ4n) is 2.21. The number of hydrogen-bond acceptors (Lipinski definition) is 3. The summed E-state index contributed by atoms with van der Waals surface area (Å²) in [6.07, 6.45) is 1.92. The highest BCUT2D eigenvalue weighted by Gasteiger charge is 2.32. The summed E-state index contributed by atoms with van der Waals surface area (Å²) in [7, 11) is -1.15. The van der Waals surface area contributed by atoms with Crippen LogP contribution in [0.5, 0.6) is 0 Å². The largest absolute Gasteiger partial charge is 0.478 e. The van der Waals surface area contributed by atoms with Crippen LogP contribution in [-0.4, -0.2) is 32.7 Å². The van der Waals surface area contributed by atoms with Gasteiger partial charge in [0.1, 0.15) is 0 Å². The smallest absolute Gasteiger partial charge is 0.335 e. The molecular formula is C14H18O4S. The van der Waals surface area contributed by atoms with Gasteiger partial charge >= 0.3 is 5.97 Å². The van der Waals surface area contributed by atoms with E-state index in [9.17, 15) is 9.00 Å². The number of carboxylic acids is 1. The van der Waals surface area contributed by atoms with E-state index in [2.05, 4.69) is 0 Å². The third-order valence-corrected chi connectivity index (χ3v) is 4.73. The van der Waals surface area contributed by atoms with Crippen molar-refractivity contribution in [1.29, 1.82) is 0 Å². The summed E-state index contributed by atoms with van der Waals surface area (Å²) < 4.78 is 18.0. The summed E-state index contributed by atoms with van der Waals surface area (Å²) in [6.45, 7) is 4.08. The average Bonchev–Trinajstić information content (AvgIpc) is 2.68. The van der Waals surface area contributed by atoms with Gasteiger partial charge in [0, 0.05) is 4.90 Å². The Morgan fingerprint density at radius 3 is 2.53 bits per heavy atom. The Balaban J connectivity index is 1.99. The van der Waals surface area contributed by atoms with E-state index in [1.165, 1.54) is 12.1 Å². The molecule has 4 nitrogen and oxygen atoms in total. The molecule has 1 saturated heterocycles. The minimum Gasteiger partial charge on any atom is -0.478 e. The van der Waals surface area contributed by atoms with Gasteiger partial charge in [0.25, 0.3) is 0 Å². The molecule has 1 N–H and O–H groups in total. The number of rotatable bonds is 4. The van der Waals surface area contributed by atoms with Gasteiger partial charge in [-0.15, -0.1) is 0 Å². The molecule has 0 radical (unpaired) electrons. The van der Waals surface area contributed by atoms with Crippen LogP contribution < -0.4 is 0 Å². The van der Waals surface area contributed by atoms with Gasteiger partial charge in [-0.3, -0.25) is 4.21 Å². The van der Waals surface area contributed by atoms with Gasteiger partial charge in [-0.1, -0.05) is 0 Å². The predicted octanol–water partition coefficient (Wildman–Crippen LogP) is 2.45. The molecule has 1 heterocycles. The molecule has 5 heteroatoms. The van der Waals surface area contributed by atoms with Crippen molar-refractivity contribution in [2.75, 3.05) is 5.75 Å². The van der Waals surface area contributed by atoms with Gasteiger partial charge in [-0.05, 0) is 51.0 Å². The van der Waals surface area contributed by atoms with E-state index in [0.717, 1.165) is 12.8 Å². The molecule has 0 spiro atoms. The van der Waals surface area contributed by atoms with Crippen LogP contribution in [0, 0.1) is 0 Å². The molecule has 19 heavy (non-hydrogen) atoms. The summed E-state index contributed by atoms with van der Waals surface area (Å²) in [5.74, 6) is -0.506. The predicted molar refractivity (Wildman–Crippen MR) is 72.9 cm³/mol. The van der Waals surface area contributed by atoms with Gasteiger partial charge in [0.05, 0.1) is 33.8 Å². The molecule has 2 rings (SSSR count). The van der Waals surface area contributed by atoms with E-state index < -0.39 is 16.8 Å². The van der Waals surface area contributed by atoms with E-state index in [1.807, 2.05) is 13.8 Å². The summed E-state index contributed by atoms with van der Waals surface area (Å²) in [4.78, 5) is 11.4. The van der Waals surface area contributed by atoms with Crippen LogP contribution in [0.3, 0.4) is 0 Å². The molecule has 0 aromatic heterocycles. The molecule has 2 unspecified atom stereocenters. The minimum absolute atomic E-state index is 0.0231. The lowest BCUT2D eigenvalue weighted by molar-refractivity contribution is -0.00499. The van der Waals surface area contributed by atoms with Crippen LogP contribution in [0.25, 0.3) is 0 Å². The van der Waals surface area contributed by atoms with Crippen molar-refractivity contribution in [2.45, 2.75) is 43.3 Å². The normalized spacial score (nSPS) is 23.2. The standard InChI is InChI=1S/C14H18O4S/c1-14(2)8-7-11(18-14)9-19(17)12-5-3-10(4-6-12)13(15)16/h3-6,11H,7-9H2,1-2H3,(H,15,16). The number of hydrogen-bond donors (Lipinski definition) is 1. The van der Waals surface area contributed by atoms with Crippen molar-refractivity contribution < 1.29 is 18.8 Å². The number of aromatic carboxylic acids is 1. The quantitative estimate of drug-likeness (QED) is 0.921. The second-order valence-corrected chi connectivity index (χ2v) is 6.88. The van der Waals surface area contributed by atoms with Crippen LogP contribution in [0.15, 0.2) is 29.2 Å². The van der Waals surface area contributed by atoms with Crippen LogP contribution in [0.2, 0.25) is 0 Å². The third-order valence-electron chi connectivity index (χ3n) is 3.26. The number of ether oxygens (including phenoxy) is 1. The van der Waals surface area contributed by atoms with Crippen molar-refractivity contribution in [1.82, 2.24) is 0 Å². The molecule has 1 aliphatic rings. The van der Waals surface area contributed by atoms with E-state index >= 15 is 0 Å². The van der Waals surface area contributed by atoms with Crippen LogP contribution in [0.1, 0.15) is 37.0 Å². The first-order chi connectivity index (χ1) is 8.87. The molecule has 0 saturated carbocycles. The zero-order valence-corrected chi connectivity index (χ0v) is 11.9. The molecule has 1 aromatic carbocycles. The summed E-state index contributed by atoms with van der Waals surface area (Å²) in [6, 6.07) is 6.18. The molecular weight excluding hydrogens is 264 g/mol. The molecule has 1 fully saturated rings. The average molecular weight is 282 g/mol. The van der Waals surface area contributed by atoms with E-state index in [4.69, 9.17) is 9.84 Å². The van der Waals surface area contributed by atoms with Crippen molar-refractivity contribution in [3.05, 3.63) is 29.8 Å². The Morgan fingerprint density at radius 1 is 1.42 bits per heavy atom. The molecule has 0 amide bonds. The maximum absolute atomic E-state index is 12.2. The lowest BCUT2D eigenvalue weighted by Gasteiger charge is -2.18. The number of carbonyl (C=O) groups is 1. The van der Waals surface area contributed by atoms with E-state index in [0.29, 0.717) is 10.6 Å². The molecule has 0 bridgehead atoms. The summed E-state index contributed by atoms with van der Waals surface area (Å²) in [5, 5.41) is 8.81. The number of benzene rings is 1. The highest BCUT2D eigenvalue weighted by atomic mass is 32.2. The Kier molecular flexibility index (Phi) is 4.06. The van der Waals surface area contributed by atoms with Crippen LogP contribution >= 0.6 is 0 Å². The first-order valence-electron chi connectivity index (χ1n) is 6.27.